The normalized spacial score (nSPS) is 13.3. The third-order valence-electron chi connectivity index (χ3n) is 5.57. The molecule has 4 nitrogen and oxygen atoms in total. The van der Waals surface area contributed by atoms with E-state index >= 15 is 0 Å². The van der Waals surface area contributed by atoms with Gasteiger partial charge >= 0.3 is 0 Å². The van der Waals surface area contributed by atoms with Crippen LogP contribution in [0, 0.1) is 0 Å². The maximum atomic E-state index is 13.2. The first-order valence-corrected chi connectivity index (χ1v) is 12.2. The van der Waals surface area contributed by atoms with Gasteiger partial charge in [0, 0.05) is 28.3 Å². The van der Waals surface area contributed by atoms with Crippen LogP contribution in [0.3, 0.4) is 0 Å². The van der Waals surface area contributed by atoms with Gasteiger partial charge in [0.1, 0.15) is 11.4 Å². The third kappa shape index (κ3) is 4.91. The average Bonchev–Trinajstić information content (AvgIpc) is 3.49. The Morgan fingerprint density at radius 3 is 2.79 bits per heavy atom. The zero-order valence-corrected chi connectivity index (χ0v) is 19.9. The first-order valence-electron chi connectivity index (χ1n) is 10.6. The smallest absolute Gasteiger partial charge is 0.271 e. The van der Waals surface area contributed by atoms with E-state index in [1.165, 1.54) is 11.3 Å². The number of carbonyl (C=O) groups is 1. The second-order valence-corrected chi connectivity index (χ2v) is 9.61. The lowest BCUT2D eigenvalue weighted by Gasteiger charge is -2.21. The minimum Gasteiger partial charge on any atom is -0.493 e. The largest absolute Gasteiger partial charge is 0.493 e. The highest BCUT2D eigenvalue weighted by molar-refractivity contribution is 7.09. The number of aromatic nitrogens is 1. The molecule has 1 amide bonds. The summed E-state index contributed by atoms with van der Waals surface area (Å²) in [5.41, 5.74) is 4.30. The molecule has 1 aliphatic heterocycles. The van der Waals surface area contributed by atoms with Crippen molar-refractivity contribution in [2.24, 2.45) is 0 Å². The zero-order chi connectivity index (χ0) is 22.8. The molecule has 166 valence electrons. The van der Waals surface area contributed by atoms with Gasteiger partial charge in [0.25, 0.3) is 5.91 Å². The fourth-order valence-electron chi connectivity index (χ4n) is 3.93. The second kappa shape index (κ2) is 9.56. The minimum absolute atomic E-state index is 0.261. The minimum atomic E-state index is -0.478. The van der Waals surface area contributed by atoms with E-state index in [4.69, 9.17) is 27.9 Å². The molecule has 33 heavy (non-hydrogen) atoms. The van der Waals surface area contributed by atoms with E-state index in [2.05, 4.69) is 28.5 Å². The second-order valence-electron chi connectivity index (χ2n) is 7.83. The molecule has 2 heterocycles. The Morgan fingerprint density at radius 2 is 1.94 bits per heavy atom. The fourth-order valence-corrected chi connectivity index (χ4v) is 5.15. The highest BCUT2D eigenvalue weighted by atomic mass is 35.5. The van der Waals surface area contributed by atoms with Gasteiger partial charge in [0.15, 0.2) is 0 Å². The molecule has 0 saturated heterocycles. The third-order valence-corrected chi connectivity index (χ3v) is 7.00. The standard InChI is InChI=1S/C26H20Cl2N2O2S/c27-19-7-8-21(28)20(14-19)25(18-6-9-23-17(13-18)10-11-32-23)30-26(31)22-15-33-24(29-22)12-16-4-2-1-3-5-16/h1-9,13-15,25H,10-12H2,(H,30,31). The van der Waals surface area contributed by atoms with E-state index in [9.17, 15) is 4.79 Å². The van der Waals surface area contributed by atoms with Crippen LogP contribution >= 0.6 is 34.5 Å². The highest BCUT2D eigenvalue weighted by Crippen LogP contribution is 2.34. The van der Waals surface area contributed by atoms with Gasteiger partial charge in [-0.15, -0.1) is 11.3 Å². The van der Waals surface area contributed by atoms with Crippen LogP contribution in [0.15, 0.2) is 72.1 Å². The van der Waals surface area contributed by atoms with Crippen molar-refractivity contribution in [1.82, 2.24) is 10.3 Å². The Hall–Kier alpha value is -2.86. The molecule has 5 rings (SSSR count). The summed E-state index contributed by atoms with van der Waals surface area (Å²) in [5.74, 6) is 0.620. The molecule has 1 aromatic heterocycles. The van der Waals surface area contributed by atoms with Gasteiger partial charge < -0.3 is 10.1 Å². The van der Waals surface area contributed by atoms with Crippen molar-refractivity contribution in [3.63, 3.8) is 0 Å². The summed E-state index contributed by atoms with van der Waals surface area (Å²) in [4.78, 5) is 17.8. The molecule has 3 aromatic carbocycles. The average molecular weight is 495 g/mol. The van der Waals surface area contributed by atoms with E-state index in [0.29, 0.717) is 28.8 Å². The lowest BCUT2D eigenvalue weighted by Crippen LogP contribution is -2.30. The lowest BCUT2D eigenvalue weighted by atomic mass is 9.96. The summed E-state index contributed by atoms with van der Waals surface area (Å²) in [7, 11) is 0. The van der Waals surface area contributed by atoms with E-state index in [-0.39, 0.29) is 5.91 Å². The van der Waals surface area contributed by atoms with Crippen LogP contribution in [0.1, 0.15) is 43.8 Å². The zero-order valence-electron chi connectivity index (χ0n) is 17.6. The predicted octanol–water partition coefficient (Wildman–Crippen LogP) is 6.50. The number of ether oxygens (including phenoxy) is 1. The van der Waals surface area contributed by atoms with E-state index in [0.717, 1.165) is 39.4 Å². The molecule has 0 aliphatic carbocycles. The van der Waals surface area contributed by atoms with Gasteiger partial charge in [-0.1, -0.05) is 59.6 Å². The Balaban J connectivity index is 1.44. The maximum Gasteiger partial charge on any atom is 0.271 e. The van der Waals surface area contributed by atoms with Crippen LogP contribution in [-0.4, -0.2) is 17.5 Å². The molecule has 7 heteroatoms. The number of hydrogen-bond donors (Lipinski definition) is 1. The van der Waals surface area contributed by atoms with Crippen molar-refractivity contribution >= 4 is 40.4 Å². The first kappa shape index (κ1) is 22.0. The topological polar surface area (TPSA) is 51.2 Å². The molecule has 4 aromatic rings. The molecule has 0 bridgehead atoms. The van der Waals surface area contributed by atoms with E-state index in [1.54, 1.807) is 23.6 Å². The molecule has 1 unspecified atom stereocenters. The Kier molecular flexibility index (Phi) is 6.36. The molecule has 1 atom stereocenters. The van der Waals surface area contributed by atoms with Crippen molar-refractivity contribution in [3.05, 3.63) is 115 Å². The fraction of sp³-hybridized carbons (Fsp3) is 0.154. The van der Waals surface area contributed by atoms with Gasteiger partial charge in [-0.05, 0) is 52.6 Å². The Morgan fingerprint density at radius 1 is 1.09 bits per heavy atom. The number of amides is 1. The van der Waals surface area contributed by atoms with Gasteiger partial charge in [-0.2, -0.15) is 0 Å². The number of nitrogens with one attached hydrogen (secondary N) is 1. The van der Waals surface area contributed by atoms with Crippen molar-refractivity contribution in [2.45, 2.75) is 18.9 Å². The Bertz CT molecular complexity index is 1310. The lowest BCUT2D eigenvalue weighted by molar-refractivity contribution is 0.0938. The van der Waals surface area contributed by atoms with Crippen molar-refractivity contribution in [2.75, 3.05) is 6.61 Å². The van der Waals surface area contributed by atoms with Crippen molar-refractivity contribution in [3.8, 4) is 5.75 Å². The summed E-state index contributed by atoms with van der Waals surface area (Å²) in [6, 6.07) is 20.8. The number of benzene rings is 3. The molecule has 0 radical (unpaired) electrons. The summed E-state index contributed by atoms with van der Waals surface area (Å²) in [6.45, 7) is 0.663. The molecule has 1 N–H and O–H groups in total. The van der Waals surface area contributed by atoms with Crippen LogP contribution in [0.25, 0.3) is 0 Å². The summed E-state index contributed by atoms with van der Waals surface area (Å²) in [5, 5.41) is 6.89. The van der Waals surface area contributed by atoms with Crippen molar-refractivity contribution < 1.29 is 9.53 Å². The molecule has 0 saturated carbocycles. The van der Waals surface area contributed by atoms with Crippen LogP contribution in [-0.2, 0) is 12.8 Å². The van der Waals surface area contributed by atoms with Gasteiger partial charge in [0.2, 0.25) is 0 Å². The van der Waals surface area contributed by atoms with Gasteiger partial charge in [-0.25, -0.2) is 4.98 Å². The van der Waals surface area contributed by atoms with Gasteiger partial charge in [0.05, 0.1) is 17.7 Å². The number of hydrogen-bond acceptors (Lipinski definition) is 4. The van der Waals surface area contributed by atoms with Crippen LogP contribution < -0.4 is 10.1 Å². The Labute approximate surface area is 206 Å². The number of fused-ring (bicyclic) bond motifs is 1. The number of rotatable bonds is 6. The van der Waals surface area contributed by atoms with Crippen LogP contribution in [0.5, 0.6) is 5.75 Å². The number of thiazole rings is 1. The van der Waals surface area contributed by atoms with Crippen LogP contribution in [0.4, 0.5) is 0 Å². The summed E-state index contributed by atoms with van der Waals surface area (Å²) in [6.07, 6.45) is 1.52. The molecular formula is C26H20Cl2N2O2S. The number of nitrogens with zero attached hydrogens (tertiary/aromatic N) is 1. The summed E-state index contributed by atoms with van der Waals surface area (Å²) < 4.78 is 5.64. The molecule has 0 spiro atoms. The maximum absolute atomic E-state index is 13.2. The monoisotopic (exact) mass is 494 g/mol. The highest BCUT2D eigenvalue weighted by Gasteiger charge is 2.24. The van der Waals surface area contributed by atoms with Crippen LogP contribution in [0.2, 0.25) is 10.0 Å². The molecular weight excluding hydrogens is 475 g/mol. The van der Waals surface area contributed by atoms with E-state index in [1.807, 2.05) is 30.3 Å². The summed E-state index contributed by atoms with van der Waals surface area (Å²) >= 11 is 14.3. The number of carbonyl (C=O) groups excluding carboxylic acids is 1. The number of halogens is 2. The van der Waals surface area contributed by atoms with Crippen molar-refractivity contribution in [1.29, 1.82) is 0 Å². The SMILES string of the molecule is O=C(NC(c1ccc2c(c1)CCO2)c1cc(Cl)ccc1Cl)c1csc(Cc2ccccc2)n1. The molecule has 1 aliphatic rings. The first-order chi connectivity index (χ1) is 16.1. The quantitative estimate of drug-likeness (QED) is 0.333. The van der Waals surface area contributed by atoms with Gasteiger partial charge in [-0.3, -0.25) is 4.79 Å². The predicted molar refractivity (Wildman–Crippen MR) is 133 cm³/mol. The van der Waals surface area contributed by atoms with E-state index < -0.39 is 6.04 Å². The molecule has 0 fully saturated rings.